The third kappa shape index (κ3) is 5.45. The number of carbonyl (C=O) groups excluding carboxylic acids is 1. The van der Waals surface area contributed by atoms with Gasteiger partial charge in [-0.2, -0.15) is 0 Å². The van der Waals surface area contributed by atoms with Crippen molar-refractivity contribution in [1.82, 2.24) is 15.1 Å². The van der Waals surface area contributed by atoms with Gasteiger partial charge in [0.15, 0.2) is 0 Å². The minimum Gasteiger partial charge on any atom is -0.496 e. The molecule has 162 valence electrons. The Labute approximate surface area is 184 Å². The zero-order valence-electron chi connectivity index (χ0n) is 18.2. The highest BCUT2D eigenvalue weighted by atomic mass is 35.5. The summed E-state index contributed by atoms with van der Waals surface area (Å²) in [5.41, 5.74) is 2.80. The molecule has 7 heteroatoms. The summed E-state index contributed by atoms with van der Waals surface area (Å²) in [6.07, 6.45) is 0. The van der Waals surface area contributed by atoms with E-state index in [4.69, 9.17) is 16.3 Å². The molecule has 0 bridgehead atoms. The number of ether oxygens (including phenoxy) is 1. The molecule has 0 unspecified atom stereocenters. The van der Waals surface area contributed by atoms with E-state index >= 15 is 0 Å². The van der Waals surface area contributed by atoms with Gasteiger partial charge in [-0.05, 0) is 42.9 Å². The van der Waals surface area contributed by atoms with E-state index in [9.17, 15) is 4.79 Å². The van der Waals surface area contributed by atoms with Crippen molar-refractivity contribution in [3.8, 4) is 5.75 Å². The van der Waals surface area contributed by atoms with E-state index in [1.54, 1.807) is 25.3 Å². The van der Waals surface area contributed by atoms with Gasteiger partial charge in [0.2, 0.25) is 0 Å². The Balaban J connectivity index is 1.78. The topological polar surface area (TPSA) is 48.1 Å². The Kier molecular flexibility index (Phi) is 7.58. The SMILES string of the molecule is COc1ccc(Cl)cc1C(=O)NC[C@@H](c1ccc(N(C)C)cc1)N1CCN(C)CC1. The molecule has 0 aromatic heterocycles. The van der Waals surface area contributed by atoms with E-state index in [2.05, 4.69) is 51.3 Å². The Morgan fingerprint density at radius 2 is 1.80 bits per heavy atom. The number of nitrogens with zero attached hydrogens (tertiary/aromatic N) is 3. The highest BCUT2D eigenvalue weighted by Gasteiger charge is 2.25. The third-order valence-electron chi connectivity index (χ3n) is 5.64. The van der Waals surface area contributed by atoms with Gasteiger partial charge in [0.1, 0.15) is 5.75 Å². The van der Waals surface area contributed by atoms with Crippen molar-refractivity contribution in [3.05, 3.63) is 58.6 Å². The van der Waals surface area contributed by atoms with Gasteiger partial charge in [-0.1, -0.05) is 23.7 Å². The first-order valence-electron chi connectivity index (χ1n) is 10.2. The van der Waals surface area contributed by atoms with E-state index in [0.29, 0.717) is 22.9 Å². The van der Waals surface area contributed by atoms with Gasteiger partial charge >= 0.3 is 0 Å². The Hall–Kier alpha value is -2.28. The lowest BCUT2D eigenvalue weighted by molar-refractivity contribution is 0.0883. The first-order valence-corrected chi connectivity index (χ1v) is 10.6. The number of piperazine rings is 1. The van der Waals surface area contributed by atoms with Crippen LogP contribution in [0.4, 0.5) is 5.69 Å². The minimum atomic E-state index is -0.182. The first kappa shape index (κ1) is 22.4. The number of amides is 1. The molecule has 1 N–H and O–H groups in total. The van der Waals surface area contributed by atoms with Crippen LogP contribution in [0.2, 0.25) is 5.02 Å². The van der Waals surface area contributed by atoms with E-state index in [-0.39, 0.29) is 11.9 Å². The average molecular weight is 431 g/mol. The third-order valence-corrected chi connectivity index (χ3v) is 5.87. The molecule has 1 atom stereocenters. The number of hydrogen-bond acceptors (Lipinski definition) is 5. The average Bonchev–Trinajstić information content (AvgIpc) is 2.75. The van der Waals surface area contributed by atoms with Crippen molar-refractivity contribution in [2.45, 2.75) is 6.04 Å². The molecule has 1 aliphatic rings. The minimum absolute atomic E-state index is 0.101. The van der Waals surface area contributed by atoms with Crippen molar-refractivity contribution in [2.24, 2.45) is 0 Å². The maximum Gasteiger partial charge on any atom is 0.255 e. The predicted molar refractivity (Wildman–Crippen MR) is 123 cm³/mol. The van der Waals surface area contributed by atoms with Crippen LogP contribution in [-0.4, -0.2) is 76.7 Å². The van der Waals surface area contributed by atoms with Crippen LogP contribution in [0.3, 0.4) is 0 Å². The van der Waals surface area contributed by atoms with Crippen LogP contribution in [0.25, 0.3) is 0 Å². The lowest BCUT2D eigenvalue weighted by Gasteiger charge is -2.38. The molecule has 3 rings (SSSR count). The molecule has 2 aromatic rings. The van der Waals surface area contributed by atoms with Gasteiger partial charge in [0.05, 0.1) is 18.7 Å². The number of hydrogen-bond donors (Lipinski definition) is 1. The van der Waals surface area contributed by atoms with Crippen LogP contribution in [-0.2, 0) is 0 Å². The summed E-state index contributed by atoms with van der Waals surface area (Å²) in [4.78, 5) is 19.8. The second kappa shape index (κ2) is 10.2. The van der Waals surface area contributed by atoms with Gasteiger partial charge in [-0.3, -0.25) is 9.69 Å². The normalized spacial score (nSPS) is 16.2. The molecule has 0 spiro atoms. The van der Waals surface area contributed by atoms with Crippen LogP contribution in [0, 0.1) is 0 Å². The van der Waals surface area contributed by atoms with Crippen LogP contribution in [0.15, 0.2) is 42.5 Å². The molecule has 0 saturated carbocycles. The summed E-state index contributed by atoms with van der Waals surface area (Å²) in [7, 11) is 7.77. The summed E-state index contributed by atoms with van der Waals surface area (Å²) >= 11 is 6.10. The van der Waals surface area contributed by atoms with Gasteiger partial charge in [0.25, 0.3) is 5.91 Å². The predicted octanol–water partition coefficient (Wildman–Crippen LogP) is 3.13. The molecular formula is C23H31ClN4O2. The molecule has 6 nitrogen and oxygen atoms in total. The lowest BCUT2D eigenvalue weighted by Crippen LogP contribution is -2.48. The van der Waals surface area contributed by atoms with E-state index < -0.39 is 0 Å². The standard InChI is InChI=1S/C23H31ClN4O2/c1-26(2)19-8-5-17(6-9-19)21(28-13-11-27(3)12-14-28)16-25-23(29)20-15-18(24)7-10-22(20)30-4/h5-10,15,21H,11-14,16H2,1-4H3,(H,25,29)/t21-/m0/s1. The smallest absolute Gasteiger partial charge is 0.255 e. The molecule has 0 radical (unpaired) electrons. The largest absolute Gasteiger partial charge is 0.496 e. The zero-order valence-corrected chi connectivity index (χ0v) is 18.9. The second-order valence-electron chi connectivity index (χ2n) is 7.90. The van der Waals surface area contributed by atoms with Gasteiger partial charge < -0.3 is 19.9 Å². The maximum absolute atomic E-state index is 12.9. The summed E-state index contributed by atoms with van der Waals surface area (Å²) in [6, 6.07) is 13.7. The van der Waals surface area contributed by atoms with Gasteiger partial charge in [-0.15, -0.1) is 0 Å². The van der Waals surface area contributed by atoms with Crippen molar-refractivity contribution in [1.29, 1.82) is 0 Å². The van der Waals surface area contributed by atoms with E-state index in [1.165, 1.54) is 5.56 Å². The Morgan fingerprint density at radius 3 is 2.40 bits per heavy atom. The highest BCUT2D eigenvalue weighted by Crippen LogP contribution is 2.26. The number of halogens is 1. The van der Waals surface area contributed by atoms with Gasteiger partial charge in [0, 0.05) is 57.5 Å². The number of anilines is 1. The number of carbonyl (C=O) groups is 1. The molecule has 1 fully saturated rings. The highest BCUT2D eigenvalue weighted by molar-refractivity contribution is 6.31. The number of benzene rings is 2. The first-order chi connectivity index (χ1) is 14.4. The van der Waals surface area contributed by atoms with E-state index in [1.807, 2.05) is 14.1 Å². The van der Waals surface area contributed by atoms with Crippen LogP contribution >= 0.6 is 11.6 Å². The number of methoxy groups -OCH3 is 1. The van der Waals surface area contributed by atoms with Crippen molar-refractivity contribution in [3.63, 3.8) is 0 Å². The molecule has 1 saturated heterocycles. The molecular weight excluding hydrogens is 400 g/mol. The maximum atomic E-state index is 12.9. The summed E-state index contributed by atoms with van der Waals surface area (Å²) in [5.74, 6) is 0.335. The molecule has 30 heavy (non-hydrogen) atoms. The number of likely N-dealkylation sites (N-methyl/N-ethyl adjacent to an activating group) is 1. The van der Waals surface area contributed by atoms with Crippen LogP contribution < -0.4 is 15.0 Å². The summed E-state index contributed by atoms with van der Waals surface area (Å²) in [6.45, 7) is 4.48. The summed E-state index contributed by atoms with van der Waals surface area (Å²) < 4.78 is 5.34. The van der Waals surface area contributed by atoms with Crippen LogP contribution in [0.5, 0.6) is 5.75 Å². The van der Waals surface area contributed by atoms with Gasteiger partial charge in [-0.25, -0.2) is 0 Å². The molecule has 1 aliphatic heterocycles. The fourth-order valence-corrected chi connectivity index (χ4v) is 3.90. The molecule has 1 amide bonds. The Bertz CT molecular complexity index is 849. The van der Waals surface area contributed by atoms with Crippen molar-refractivity contribution < 1.29 is 9.53 Å². The van der Waals surface area contributed by atoms with Crippen molar-refractivity contribution >= 4 is 23.2 Å². The monoisotopic (exact) mass is 430 g/mol. The number of rotatable bonds is 7. The number of nitrogens with one attached hydrogen (secondary N) is 1. The second-order valence-corrected chi connectivity index (χ2v) is 8.33. The lowest BCUT2D eigenvalue weighted by atomic mass is 10.0. The molecule has 1 heterocycles. The molecule has 2 aromatic carbocycles. The quantitative estimate of drug-likeness (QED) is 0.731. The fourth-order valence-electron chi connectivity index (χ4n) is 3.73. The Morgan fingerprint density at radius 1 is 1.13 bits per heavy atom. The van der Waals surface area contributed by atoms with Crippen LogP contribution in [0.1, 0.15) is 22.0 Å². The van der Waals surface area contributed by atoms with E-state index in [0.717, 1.165) is 31.9 Å². The fraction of sp³-hybridized carbons (Fsp3) is 0.435. The molecule has 0 aliphatic carbocycles. The zero-order chi connectivity index (χ0) is 21.7. The summed E-state index contributed by atoms with van der Waals surface area (Å²) in [5, 5.41) is 3.61. The van der Waals surface area contributed by atoms with Crippen molar-refractivity contribution in [2.75, 3.05) is 65.9 Å².